The minimum absolute atomic E-state index is 0.0265. The van der Waals surface area contributed by atoms with Crippen molar-refractivity contribution in [2.24, 2.45) is 0 Å². The van der Waals surface area contributed by atoms with E-state index in [1.807, 2.05) is 6.08 Å². The van der Waals surface area contributed by atoms with Gasteiger partial charge in [-0.15, -0.1) is 0 Å². The zero-order valence-electron chi connectivity index (χ0n) is 57.9. The van der Waals surface area contributed by atoms with Crippen LogP contribution in [0.3, 0.4) is 0 Å². The third-order valence-electron chi connectivity index (χ3n) is 18.5. The Kier molecular flexibility index (Phi) is 73.3. The van der Waals surface area contributed by atoms with E-state index in [0.29, 0.717) is 19.4 Å². The highest BCUT2D eigenvalue weighted by molar-refractivity contribution is 5.76. The van der Waals surface area contributed by atoms with Gasteiger partial charge in [0, 0.05) is 12.8 Å². The molecule has 3 N–H and O–H groups in total. The maximum atomic E-state index is 12.5. The van der Waals surface area contributed by atoms with E-state index in [0.717, 1.165) is 38.5 Å². The summed E-state index contributed by atoms with van der Waals surface area (Å²) in [6.07, 6.45) is 96.0. The van der Waals surface area contributed by atoms with Crippen LogP contribution in [-0.2, 0) is 14.3 Å². The van der Waals surface area contributed by atoms with Gasteiger partial charge >= 0.3 is 5.97 Å². The van der Waals surface area contributed by atoms with Crippen LogP contribution in [-0.4, -0.2) is 47.4 Å². The van der Waals surface area contributed by atoms with Gasteiger partial charge in [-0.05, 0) is 57.8 Å². The normalized spacial score (nSPS) is 12.6. The van der Waals surface area contributed by atoms with Gasteiger partial charge in [0.05, 0.1) is 25.4 Å². The Balaban J connectivity index is 3.31. The first-order valence-corrected chi connectivity index (χ1v) is 39.1. The van der Waals surface area contributed by atoms with Gasteiger partial charge in [-0.25, -0.2) is 0 Å². The summed E-state index contributed by atoms with van der Waals surface area (Å²) in [4.78, 5) is 24.6. The Bertz CT molecular complexity index is 1330. The lowest BCUT2D eigenvalue weighted by atomic mass is 10.0. The van der Waals surface area contributed by atoms with Crippen molar-refractivity contribution in [1.82, 2.24) is 5.32 Å². The van der Waals surface area contributed by atoms with Crippen LogP contribution in [0.2, 0.25) is 0 Å². The lowest BCUT2D eigenvalue weighted by Gasteiger charge is -2.20. The fourth-order valence-electron chi connectivity index (χ4n) is 12.5. The summed E-state index contributed by atoms with van der Waals surface area (Å²) in [5.41, 5.74) is 0. The Morgan fingerprint density at radius 2 is 0.553 bits per heavy atom. The van der Waals surface area contributed by atoms with Crippen LogP contribution in [0.1, 0.15) is 444 Å². The summed E-state index contributed by atoms with van der Waals surface area (Å²) in [6, 6.07) is -0.624. The molecule has 0 saturated carbocycles. The van der Waals surface area contributed by atoms with Gasteiger partial charge in [0.25, 0.3) is 0 Å². The van der Waals surface area contributed by atoms with E-state index in [1.54, 1.807) is 6.08 Å². The number of nitrogens with one attached hydrogen (secondary N) is 1. The standard InChI is InChI=1S/C79H153NO5/c1-3-5-7-9-11-13-15-17-18-19-42-45-49-53-57-61-65-69-73-79(84)85-74-70-66-62-58-54-50-46-43-40-38-36-34-32-30-28-26-24-22-20-21-23-25-27-29-31-33-35-37-39-41-44-48-52-56-60-64-68-72-78(83)80-76(75-81)77(82)71-67-63-59-55-51-47-16-14-12-10-8-6-4-2/h20,22,67,71,76-77,81-82H,3-19,21,23-66,68-70,72-75H2,1-2H3,(H,80,83)/b22-20-,71-67+. The van der Waals surface area contributed by atoms with Crippen LogP contribution in [0.25, 0.3) is 0 Å². The molecule has 2 unspecified atom stereocenters. The SMILES string of the molecule is CCCCCCCCCCCCC/C=C/C(O)C(CO)NC(=O)CCCCCCCCCCCCCCCCCCC/C=C\CCCCCCCCCCCCCCCCCCOC(=O)CCCCCCCCCCCCCCCCCCCC. The number of hydrogen-bond donors (Lipinski definition) is 3. The van der Waals surface area contributed by atoms with Crippen molar-refractivity contribution in [1.29, 1.82) is 0 Å². The Morgan fingerprint density at radius 3 is 0.835 bits per heavy atom. The van der Waals surface area contributed by atoms with E-state index >= 15 is 0 Å². The number of allylic oxidation sites excluding steroid dienone is 3. The van der Waals surface area contributed by atoms with Crippen LogP contribution in [0.5, 0.6) is 0 Å². The predicted molar refractivity (Wildman–Crippen MR) is 375 cm³/mol. The average molecular weight is 1200 g/mol. The second-order valence-corrected chi connectivity index (χ2v) is 27.0. The molecule has 0 rings (SSSR count). The van der Waals surface area contributed by atoms with E-state index < -0.39 is 12.1 Å². The number of esters is 1. The molecule has 85 heavy (non-hydrogen) atoms. The molecule has 0 fully saturated rings. The summed E-state index contributed by atoms with van der Waals surface area (Å²) in [5.74, 6) is -0.0354. The summed E-state index contributed by atoms with van der Waals surface area (Å²) in [5, 5.41) is 23.1. The largest absolute Gasteiger partial charge is 0.466 e. The van der Waals surface area contributed by atoms with E-state index in [1.165, 1.54) is 379 Å². The van der Waals surface area contributed by atoms with Gasteiger partial charge in [0.1, 0.15) is 0 Å². The highest BCUT2D eigenvalue weighted by Gasteiger charge is 2.18. The van der Waals surface area contributed by atoms with E-state index in [4.69, 9.17) is 4.74 Å². The lowest BCUT2D eigenvalue weighted by molar-refractivity contribution is -0.143. The number of rotatable bonds is 74. The molecular formula is C79H153NO5. The average Bonchev–Trinajstić information content (AvgIpc) is 3.51. The zero-order valence-corrected chi connectivity index (χ0v) is 57.9. The molecule has 6 nitrogen and oxygen atoms in total. The number of ether oxygens (including phenoxy) is 1. The molecule has 0 aromatic carbocycles. The first kappa shape index (κ1) is 83.3. The van der Waals surface area contributed by atoms with Gasteiger partial charge in [-0.3, -0.25) is 9.59 Å². The molecule has 0 radical (unpaired) electrons. The third kappa shape index (κ3) is 71.3. The monoisotopic (exact) mass is 1200 g/mol. The first-order valence-electron chi connectivity index (χ1n) is 39.1. The maximum absolute atomic E-state index is 12.5. The van der Waals surface area contributed by atoms with Crippen molar-refractivity contribution in [2.75, 3.05) is 13.2 Å². The summed E-state index contributed by atoms with van der Waals surface area (Å²) in [7, 11) is 0. The fraction of sp³-hybridized carbons (Fsp3) is 0.924. The van der Waals surface area contributed by atoms with Crippen molar-refractivity contribution >= 4 is 11.9 Å². The molecule has 0 spiro atoms. The van der Waals surface area contributed by atoms with Gasteiger partial charge in [0.2, 0.25) is 5.91 Å². The smallest absolute Gasteiger partial charge is 0.305 e. The highest BCUT2D eigenvalue weighted by Crippen LogP contribution is 2.20. The molecule has 0 aliphatic carbocycles. The van der Waals surface area contributed by atoms with Crippen LogP contribution >= 0.6 is 0 Å². The number of aliphatic hydroxyl groups is 2. The molecule has 1 amide bonds. The fourth-order valence-corrected chi connectivity index (χ4v) is 12.5. The van der Waals surface area contributed by atoms with Crippen LogP contribution in [0, 0.1) is 0 Å². The number of aliphatic hydroxyl groups excluding tert-OH is 2. The molecule has 2 atom stereocenters. The second-order valence-electron chi connectivity index (χ2n) is 27.0. The number of carbonyl (C=O) groups excluding carboxylic acids is 2. The molecule has 504 valence electrons. The maximum Gasteiger partial charge on any atom is 0.305 e. The van der Waals surface area contributed by atoms with Crippen LogP contribution < -0.4 is 5.32 Å². The Hall–Kier alpha value is -1.66. The highest BCUT2D eigenvalue weighted by atomic mass is 16.5. The van der Waals surface area contributed by atoms with Gasteiger partial charge in [-0.2, -0.15) is 0 Å². The van der Waals surface area contributed by atoms with Crippen molar-refractivity contribution in [3.05, 3.63) is 24.3 Å². The number of unbranched alkanes of at least 4 members (excludes halogenated alkanes) is 61. The molecule has 0 heterocycles. The van der Waals surface area contributed by atoms with Crippen molar-refractivity contribution < 1.29 is 24.5 Å². The van der Waals surface area contributed by atoms with E-state index in [-0.39, 0.29) is 18.5 Å². The van der Waals surface area contributed by atoms with Crippen molar-refractivity contribution in [3.63, 3.8) is 0 Å². The van der Waals surface area contributed by atoms with Crippen LogP contribution in [0.15, 0.2) is 24.3 Å². The number of amides is 1. The van der Waals surface area contributed by atoms with Crippen LogP contribution in [0.4, 0.5) is 0 Å². The zero-order chi connectivity index (χ0) is 61.3. The molecule has 0 aliphatic rings. The third-order valence-corrected chi connectivity index (χ3v) is 18.5. The molecule has 6 heteroatoms. The predicted octanol–water partition coefficient (Wildman–Crippen LogP) is 25.7. The summed E-state index contributed by atoms with van der Waals surface area (Å²) < 4.78 is 5.52. The minimum atomic E-state index is -0.840. The van der Waals surface area contributed by atoms with Gasteiger partial charge in [0.15, 0.2) is 0 Å². The molecule has 0 aromatic rings. The molecule has 0 bridgehead atoms. The van der Waals surface area contributed by atoms with Gasteiger partial charge in [-0.1, -0.05) is 398 Å². The van der Waals surface area contributed by atoms with E-state index in [9.17, 15) is 19.8 Å². The molecular weight excluding hydrogens is 1040 g/mol. The lowest BCUT2D eigenvalue weighted by Crippen LogP contribution is -2.45. The Morgan fingerprint density at radius 1 is 0.318 bits per heavy atom. The molecule has 0 aliphatic heterocycles. The quantitative estimate of drug-likeness (QED) is 0.0320. The van der Waals surface area contributed by atoms with Gasteiger partial charge < -0.3 is 20.3 Å². The first-order chi connectivity index (χ1) is 42.0. The Labute approximate surface area is 532 Å². The topological polar surface area (TPSA) is 95.9 Å². The summed E-state index contributed by atoms with van der Waals surface area (Å²) >= 11 is 0. The van der Waals surface area contributed by atoms with Crippen molar-refractivity contribution in [2.45, 2.75) is 456 Å². The molecule has 0 saturated heterocycles. The minimum Gasteiger partial charge on any atom is -0.466 e. The second kappa shape index (κ2) is 74.8. The van der Waals surface area contributed by atoms with E-state index in [2.05, 4.69) is 31.3 Å². The summed E-state index contributed by atoms with van der Waals surface area (Å²) in [6.45, 7) is 4.95. The molecule has 0 aromatic heterocycles. The number of hydrogen-bond acceptors (Lipinski definition) is 5. The number of carbonyl (C=O) groups is 2. The van der Waals surface area contributed by atoms with Crippen molar-refractivity contribution in [3.8, 4) is 0 Å².